The van der Waals surface area contributed by atoms with Crippen LogP contribution in [0.15, 0.2) is 0 Å². The average Bonchev–Trinajstić information content (AvgIpc) is 2.23. The Morgan fingerprint density at radius 3 is 2.81 bits per heavy atom. The predicted octanol–water partition coefficient (Wildman–Crippen LogP) is 1.25. The van der Waals surface area contributed by atoms with E-state index < -0.39 is 12.7 Å². The minimum atomic E-state index is -4.11. The van der Waals surface area contributed by atoms with Crippen LogP contribution in [-0.2, 0) is 4.74 Å². The fraction of sp³-hybridized carbons (Fsp3) is 1.00. The van der Waals surface area contributed by atoms with Crippen LogP contribution < -0.4 is 5.32 Å². The first-order valence-electron chi connectivity index (χ1n) is 5.54. The second-order valence-electron chi connectivity index (χ2n) is 4.09. The van der Waals surface area contributed by atoms with Crippen molar-refractivity contribution in [1.82, 2.24) is 10.2 Å². The lowest BCUT2D eigenvalue weighted by molar-refractivity contribution is -0.124. The Bertz CT molecular complexity index is 199. The molecule has 0 aromatic carbocycles. The Morgan fingerprint density at radius 1 is 1.44 bits per heavy atom. The molecule has 0 saturated carbocycles. The largest absolute Gasteiger partial charge is 0.401 e. The summed E-state index contributed by atoms with van der Waals surface area (Å²) in [4.78, 5) is 2.14. The van der Waals surface area contributed by atoms with E-state index >= 15 is 0 Å². The van der Waals surface area contributed by atoms with E-state index in [9.17, 15) is 13.2 Å². The van der Waals surface area contributed by atoms with E-state index in [2.05, 4.69) is 10.2 Å². The molecule has 96 valence electrons. The predicted molar refractivity (Wildman–Crippen MR) is 55.4 cm³/mol. The fourth-order valence-electron chi connectivity index (χ4n) is 1.88. The van der Waals surface area contributed by atoms with Gasteiger partial charge in [-0.3, -0.25) is 4.90 Å². The molecule has 0 aliphatic carbocycles. The maximum absolute atomic E-state index is 11.8. The molecular weight excluding hydrogens is 221 g/mol. The summed E-state index contributed by atoms with van der Waals surface area (Å²) in [5.74, 6) is 0. The lowest BCUT2D eigenvalue weighted by atomic mass is 10.1. The molecule has 1 heterocycles. The van der Waals surface area contributed by atoms with Crippen LogP contribution in [-0.4, -0.2) is 57.0 Å². The average molecular weight is 240 g/mol. The monoisotopic (exact) mass is 240 g/mol. The van der Waals surface area contributed by atoms with Gasteiger partial charge in [-0.15, -0.1) is 0 Å². The Morgan fingerprint density at radius 2 is 2.19 bits per heavy atom. The number of hydrogen-bond acceptors (Lipinski definition) is 3. The van der Waals surface area contributed by atoms with Crippen molar-refractivity contribution < 1.29 is 17.9 Å². The zero-order valence-corrected chi connectivity index (χ0v) is 9.52. The van der Waals surface area contributed by atoms with Crippen LogP contribution >= 0.6 is 0 Å². The molecule has 0 radical (unpaired) electrons. The zero-order chi connectivity index (χ0) is 12.0. The molecule has 16 heavy (non-hydrogen) atoms. The van der Waals surface area contributed by atoms with Gasteiger partial charge >= 0.3 is 6.18 Å². The Hall–Kier alpha value is -0.330. The van der Waals surface area contributed by atoms with Crippen molar-refractivity contribution >= 4 is 0 Å². The van der Waals surface area contributed by atoms with Crippen LogP contribution in [0.25, 0.3) is 0 Å². The summed E-state index contributed by atoms with van der Waals surface area (Å²) in [5.41, 5.74) is 0. The Kier molecular flexibility index (Phi) is 5.51. The highest BCUT2D eigenvalue weighted by molar-refractivity contribution is 4.73. The SMILES string of the molecule is COC1CCCN(CCNCC(F)(F)F)C1. The van der Waals surface area contributed by atoms with Gasteiger partial charge in [0.25, 0.3) is 0 Å². The van der Waals surface area contributed by atoms with E-state index in [1.165, 1.54) is 0 Å². The van der Waals surface area contributed by atoms with E-state index in [1.54, 1.807) is 7.11 Å². The minimum Gasteiger partial charge on any atom is -0.380 e. The number of nitrogens with one attached hydrogen (secondary N) is 1. The van der Waals surface area contributed by atoms with Gasteiger partial charge in [0.05, 0.1) is 12.6 Å². The maximum Gasteiger partial charge on any atom is 0.401 e. The van der Waals surface area contributed by atoms with E-state index in [4.69, 9.17) is 4.74 Å². The normalized spacial score (nSPS) is 23.6. The van der Waals surface area contributed by atoms with Crippen molar-refractivity contribution in [2.75, 3.05) is 39.8 Å². The lowest BCUT2D eigenvalue weighted by Gasteiger charge is -2.31. The van der Waals surface area contributed by atoms with Crippen molar-refractivity contribution in [3.8, 4) is 0 Å². The fourth-order valence-corrected chi connectivity index (χ4v) is 1.88. The number of methoxy groups -OCH3 is 1. The van der Waals surface area contributed by atoms with Gasteiger partial charge in [-0.05, 0) is 19.4 Å². The lowest BCUT2D eigenvalue weighted by Crippen LogP contribution is -2.43. The molecule has 1 N–H and O–H groups in total. The third-order valence-corrected chi connectivity index (χ3v) is 2.73. The number of nitrogens with zero attached hydrogens (tertiary/aromatic N) is 1. The molecule has 1 aliphatic rings. The van der Waals surface area contributed by atoms with Crippen molar-refractivity contribution in [3.63, 3.8) is 0 Å². The van der Waals surface area contributed by atoms with Crippen LogP contribution in [0.1, 0.15) is 12.8 Å². The van der Waals surface area contributed by atoms with Crippen LogP contribution in [0.4, 0.5) is 13.2 Å². The number of ether oxygens (including phenoxy) is 1. The molecule has 0 spiro atoms. The quantitative estimate of drug-likeness (QED) is 0.732. The van der Waals surface area contributed by atoms with Crippen LogP contribution in [0.5, 0.6) is 0 Å². The first kappa shape index (κ1) is 13.7. The molecule has 1 fully saturated rings. The number of hydrogen-bond donors (Lipinski definition) is 1. The molecule has 1 unspecified atom stereocenters. The van der Waals surface area contributed by atoms with Crippen molar-refractivity contribution in [3.05, 3.63) is 0 Å². The molecule has 1 saturated heterocycles. The van der Waals surface area contributed by atoms with E-state index in [1.807, 2.05) is 0 Å². The molecule has 6 heteroatoms. The molecule has 0 amide bonds. The van der Waals surface area contributed by atoms with Gasteiger partial charge in [0, 0.05) is 26.7 Å². The smallest absolute Gasteiger partial charge is 0.380 e. The van der Waals surface area contributed by atoms with E-state index in [0.29, 0.717) is 13.1 Å². The van der Waals surface area contributed by atoms with Crippen LogP contribution in [0.2, 0.25) is 0 Å². The van der Waals surface area contributed by atoms with Crippen molar-refractivity contribution in [2.45, 2.75) is 25.1 Å². The molecular formula is C10H19F3N2O. The molecule has 1 atom stereocenters. The summed E-state index contributed by atoms with van der Waals surface area (Å²) in [6.07, 6.45) is -1.78. The summed E-state index contributed by atoms with van der Waals surface area (Å²) in [6.45, 7) is 1.89. The summed E-state index contributed by atoms with van der Waals surface area (Å²) in [6, 6.07) is 0. The summed E-state index contributed by atoms with van der Waals surface area (Å²) < 4.78 is 40.8. The third-order valence-electron chi connectivity index (χ3n) is 2.73. The topological polar surface area (TPSA) is 24.5 Å². The highest BCUT2D eigenvalue weighted by Crippen LogP contribution is 2.13. The highest BCUT2D eigenvalue weighted by Gasteiger charge is 2.26. The van der Waals surface area contributed by atoms with Gasteiger partial charge in [-0.1, -0.05) is 0 Å². The van der Waals surface area contributed by atoms with Crippen molar-refractivity contribution in [2.24, 2.45) is 0 Å². The standard InChI is InChI=1S/C10H19F3N2O/c1-16-9-3-2-5-15(7-9)6-4-14-8-10(11,12)13/h9,14H,2-8H2,1H3. The first-order valence-corrected chi connectivity index (χ1v) is 5.54. The molecule has 1 rings (SSSR count). The number of halogens is 3. The van der Waals surface area contributed by atoms with Gasteiger partial charge in [-0.2, -0.15) is 13.2 Å². The van der Waals surface area contributed by atoms with Gasteiger partial charge in [0.1, 0.15) is 0 Å². The van der Waals surface area contributed by atoms with Gasteiger partial charge < -0.3 is 10.1 Å². The van der Waals surface area contributed by atoms with E-state index in [0.717, 1.165) is 25.9 Å². The van der Waals surface area contributed by atoms with Crippen molar-refractivity contribution in [1.29, 1.82) is 0 Å². The summed E-state index contributed by atoms with van der Waals surface area (Å²) in [5, 5.41) is 2.40. The van der Waals surface area contributed by atoms with Gasteiger partial charge in [-0.25, -0.2) is 0 Å². The van der Waals surface area contributed by atoms with Crippen LogP contribution in [0, 0.1) is 0 Å². The van der Waals surface area contributed by atoms with Gasteiger partial charge in [0.15, 0.2) is 0 Å². The second-order valence-corrected chi connectivity index (χ2v) is 4.09. The Labute approximate surface area is 93.9 Å². The summed E-state index contributed by atoms with van der Waals surface area (Å²) in [7, 11) is 1.68. The molecule has 0 aromatic heterocycles. The highest BCUT2D eigenvalue weighted by atomic mass is 19.4. The number of piperidine rings is 1. The third kappa shape index (κ3) is 5.67. The number of rotatable bonds is 5. The first-order chi connectivity index (χ1) is 7.51. The van der Waals surface area contributed by atoms with E-state index in [-0.39, 0.29) is 6.10 Å². The Balaban J connectivity index is 2.08. The number of likely N-dealkylation sites (tertiary alicyclic amines) is 1. The molecule has 0 bridgehead atoms. The zero-order valence-electron chi connectivity index (χ0n) is 9.52. The van der Waals surface area contributed by atoms with Crippen LogP contribution in [0.3, 0.4) is 0 Å². The minimum absolute atomic E-state index is 0.233. The molecule has 0 aromatic rings. The maximum atomic E-state index is 11.8. The summed E-state index contributed by atoms with van der Waals surface area (Å²) >= 11 is 0. The number of alkyl halides is 3. The second kappa shape index (κ2) is 6.42. The van der Waals surface area contributed by atoms with Gasteiger partial charge in [0.2, 0.25) is 0 Å². The molecule has 3 nitrogen and oxygen atoms in total. The molecule has 1 aliphatic heterocycles.